The molecule has 0 unspecified atom stereocenters. The summed E-state index contributed by atoms with van der Waals surface area (Å²) in [4.78, 5) is 19.3. The summed E-state index contributed by atoms with van der Waals surface area (Å²) in [6.07, 6.45) is 1.31. The van der Waals surface area contributed by atoms with Crippen LogP contribution in [0.5, 0.6) is 0 Å². The molecule has 0 saturated heterocycles. The maximum absolute atomic E-state index is 11.6. The molecule has 84 valence electrons. The highest BCUT2D eigenvalue weighted by molar-refractivity contribution is 6.01. The minimum absolute atomic E-state index is 0.0126. The van der Waals surface area contributed by atoms with Gasteiger partial charge in [-0.15, -0.1) is 0 Å². The molecule has 0 spiro atoms. The lowest BCUT2D eigenvalue weighted by Crippen LogP contribution is -2.13. The Balaban J connectivity index is 2.12. The normalized spacial score (nSPS) is 9.65. The monoisotopic (exact) mass is 229 g/mol. The van der Waals surface area contributed by atoms with E-state index in [1.165, 1.54) is 18.3 Å². The summed E-state index contributed by atoms with van der Waals surface area (Å²) in [7, 11) is 0. The summed E-state index contributed by atoms with van der Waals surface area (Å²) < 4.78 is 4.73. The van der Waals surface area contributed by atoms with Gasteiger partial charge in [-0.05, 0) is 19.1 Å². The second kappa shape index (κ2) is 4.40. The molecule has 0 aliphatic heterocycles. The van der Waals surface area contributed by atoms with E-state index >= 15 is 0 Å². The van der Waals surface area contributed by atoms with Crippen molar-refractivity contribution in [2.45, 2.75) is 6.92 Å². The SMILES string of the molecule is Cc1noc(NC(=O)c2ccc(C#N)cn2)n1. The van der Waals surface area contributed by atoms with Crippen molar-refractivity contribution in [2.75, 3.05) is 5.32 Å². The zero-order valence-electron chi connectivity index (χ0n) is 8.84. The molecule has 0 bridgehead atoms. The lowest BCUT2D eigenvalue weighted by Gasteiger charge is -1.98. The van der Waals surface area contributed by atoms with Crippen LogP contribution in [0.1, 0.15) is 21.9 Å². The molecule has 2 aromatic heterocycles. The number of hydrogen-bond donors (Lipinski definition) is 1. The number of aromatic nitrogens is 3. The van der Waals surface area contributed by atoms with Gasteiger partial charge in [0, 0.05) is 6.20 Å². The molecule has 2 heterocycles. The summed E-state index contributed by atoms with van der Waals surface area (Å²) >= 11 is 0. The van der Waals surface area contributed by atoms with E-state index in [4.69, 9.17) is 9.78 Å². The van der Waals surface area contributed by atoms with Crippen LogP contribution in [0.15, 0.2) is 22.9 Å². The molecular weight excluding hydrogens is 222 g/mol. The predicted molar refractivity (Wildman–Crippen MR) is 55.9 cm³/mol. The van der Waals surface area contributed by atoms with Gasteiger partial charge >= 0.3 is 6.01 Å². The average Bonchev–Trinajstić information content (AvgIpc) is 2.75. The molecule has 17 heavy (non-hydrogen) atoms. The highest BCUT2D eigenvalue weighted by Crippen LogP contribution is 2.05. The van der Waals surface area contributed by atoms with Gasteiger partial charge in [-0.2, -0.15) is 10.2 Å². The van der Waals surface area contributed by atoms with Crippen LogP contribution >= 0.6 is 0 Å². The number of carbonyl (C=O) groups excluding carboxylic acids is 1. The summed E-state index contributed by atoms with van der Waals surface area (Å²) in [6, 6.07) is 4.87. The van der Waals surface area contributed by atoms with Gasteiger partial charge in [0.1, 0.15) is 11.8 Å². The fourth-order valence-corrected chi connectivity index (χ4v) is 1.10. The molecule has 0 aliphatic carbocycles. The number of nitriles is 1. The molecule has 0 atom stereocenters. The lowest BCUT2D eigenvalue weighted by atomic mass is 10.2. The van der Waals surface area contributed by atoms with Gasteiger partial charge in [-0.1, -0.05) is 5.16 Å². The first-order valence-electron chi connectivity index (χ1n) is 4.67. The third-order valence-corrected chi connectivity index (χ3v) is 1.87. The van der Waals surface area contributed by atoms with Crippen LogP contribution in [0.3, 0.4) is 0 Å². The van der Waals surface area contributed by atoms with Gasteiger partial charge in [0.25, 0.3) is 5.91 Å². The topological polar surface area (TPSA) is 105 Å². The van der Waals surface area contributed by atoms with Gasteiger partial charge < -0.3 is 4.52 Å². The molecule has 0 fully saturated rings. The smallest absolute Gasteiger partial charge is 0.315 e. The number of nitrogens with one attached hydrogen (secondary N) is 1. The van der Waals surface area contributed by atoms with E-state index in [1.54, 1.807) is 6.92 Å². The van der Waals surface area contributed by atoms with E-state index in [9.17, 15) is 4.79 Å². The third-order valence-electron chi connectivity index (χ3n) is 1.87. The number of hydrogen-bond acceptors (Lipinski definition) is 6. The van der Waals surface area contributed by atoms with Crippen molar-refractivity contribution in [1.29, 1.82) is 5.26 Å². The standard InChI is InChI=1S/C10H7N5O2/c1-6-13-10(17-15-6)14-9(16)8-3-2-7(4-11)5-12-8/h2-3,5H,1H3,(H,13,14,15,16). The van der Waals surface area contributed by atoms with Crippen molar-refractivity contribution in [1.82, 2.24) is 15.1 Å². The van der Waals surface area contributed by atoms with Crippen molar-refractivity contribution >= 4 is 11.9 Å². The Kier molecular flexibility index (Phi) is 2.79. The van der Waals surface area contributed by atoms with Crippen LogP contribution in [0, 0.1) is 18.3 Å². The molecule has 7 nitrogen and oxygen atoms in total. The Morgan fingerprint density at radius 2 is 2.35 bits per heavy atom. The number of pyridine rings is 1. The molecule has 2 aromatic rings. The van der Waals surface area contributed by atoms with Gasteiger partial charge in [0.2, 0.25) is 0 Å². The Hall–Kier alpha value is -2.75. The van der Waals surface area contributed by atoms with E-state index in [0.717, 1.165) is 0 Å². The largest absolute Gasteiger partial charge is 0.328 e. The summed E-state index contributed by atoms with van der Waals surface area (Å²) in [5.41, 5.74) is 0.551. The molecule has 2 rings (SSSR count). The van der Waals surface area contributed by atoms with E-state index in [0.29, 0.717) is 11.4 Å². The maximum atomic E-state index is 11.6. The van der Waals surface area contributed by atoms with Crippen LogP contribution < -0.4 is 5.32 Å². The Labute approximate surface area is 96.1 Å². The van der Waals surface area contributed by atoms with Crippen molar-refractivity contribution < 1.29 is 9.32 Å². The quantitative estimate of drug-likeness (QED) is 0.820. The van der Waals surface area contributed by atoms with Gasteiger partial charge in [0.15, 0.2) is 5.82 Å². The zero-order valence-corrected chi connectivity index (χ0v) is 8.84. The first-order valence-corrected chi connectivity index (χ1v) is 4.67. The first-order chi connectivity index (χ1) is 8.19. The second-order valence-electron chi connectivity index (χ2n) is 3.14. The van der Waals surface area contributed by atoms with Crippen LogP contribution in [0.2, 0.25) is 0 Å². The fourth-order valence-electron chi connectivity index (χ4n) is 1.10. The Morgan fingerprint density at radius 1 is 1.53 bits per heavy atom. The van der Waals surface area contributed by atoms with Crippen LogP contribution in [0.25, 0.3) is 0 Å². The van der Waals surface area contributed by atoms with Crippen molar-refractivity contribution in [2.24, 2.45) is 0 Å². The van der Waals surface area contributed by atoms with Crippen molar-refractivity contribution in [3.63, 3.8) is 0 Å². The van der Waals surface area contributed by atoms with Gasteiger partial charge in [0.05, 0.1) is 5.56 Å². The van der Waals surface area contributed by atoms with Crippen molar-refractivity contribution in [3.05, 3.63) is 35.4 Å². The summed E-state index contributed by atoms with van der Waals surface area (Å²) in [6.45, 7) is 1.64. The number of rotatable bonds is 2. The first kappa shape index (κ1) is 10.8. The number of aryl methyl sites for hydroxylation is 1. The van der Waals surface area contributed by atoms with Crippen molar-refractivity contribution in [3.8, 4) is 6.07 Å². The molecular formula is C10H7N5O2. The number of nitrogens with zero attached hydrogens (tertiary/aromatic N) is 4. The predicted octanol–water partition coefficient (Wildman–Crippen LogP) is 0.897. The molecule has 0 saturated carbocycles. The number of amides is 1. The van der Waals surface area contributed by atoms with E-state index in [2.05, 4.69) is 20.4 Å². The van der Waals surface area contributed by atoms with Crippen LogP contribution in [-0.4, -0.2) is 21.0 Å². The molecule has 0 aliphatic rings. The fraction of sp³-hybridized carbons (Fsp3) is 0.100. The average molecular weight is 229 g/mol. The molecule has 7 heteroatoms. The third kappa shape index (κ3) is 2.43. The lowest BCUT2D eigenvalue weighted by molar-refractivity contribution is 0.101. The van der Waals surface area contributed by atoms with E-state index < -0.39 is 5.91 Å². The molecule has 0 aromatic carbocycles. The van der Waals surface area contributed by atoms with Gasteiger partial charge in [-0.3, -0.25) is 10.1 Å². The van der Waals surface area contributed by atoms with Gasteiger partial charge in [-0.25, -0.2) is 4.98 Å². The molecule has 0 radical (unpaired) electrons. The minimum atomic E-state index is -0.474. The molecule has 1 amide bonds. The van der Waals surface area contributed by atoms with Crippen LogP contribution in [0.4, 0.5) is 6.01 Å². The highest BCUT2D eigenvalue weighted by atomic mass is 16.5. The zero-order chi connectivity index (χ0) is 12.3. The van der Waals surface area contributed by atoms with E-state index in [-0.39, 0.29) is 11.7 Å². The summed E-state index contributed by atoms with van der Waals surface area (Å²) in [5, 5.41) is 14.5. The van der Waals surface area contributed by atoms with Crippen LogP contribution in [-0.2, 0) is 0 Å². The second-order valence-corrected chi connectivity index (χ2v) is 3.14. The Bertz CT molecular complexity index is 581. The highest BCUT2D eigenvalue weighted by Gasteiger charge is 2.11. The maximum Gasteiger partial charge on any atom is 0.328 e. The minimum Gasteiger partial charge on any atom is -0.315 e. The number of anilines is 1. The number of carbonyl (C=O) groups is 1. The van der Waals surface area contributed by atoms with E-state index in [1.807, 2.05) is 6.07 Å². The molecule has 1 N–H and O–H groups in total. The summed E-state index contributed by atoms with van der Waals surface area (Å²) in [5.74, 6) is -0.0498. The Morgan fingerprint density at radius 3 is 2.88 bits per heavy atom.